The molecule has 0 aliphatic heterocycles. The molecule has 4 nitrogen and oxygen atoms in total. The Hall–Kier alpha value is -1.62. The van der Waals surface area contributed by atoms with Crippen molar-refractivity contribution in [3.63, 3.8) is 0 Å². The van der Waals surface area contributed by atoms with Gasteiger partial charge in [-0.05, 0) is 42.3 Å². The number of benzene rings is 2. The van der Waals surface area contributed by atoms with Gasteiger partial charge in [-0.25, -0.2) is 0 Å². The van der Waals surface area contributed by atoms with E-state index >= 15 is 0 Å². The fourth-order valence-corrected chi connectivity index (χ4v) is 3.04. The van der Waals surface area contributed by atoms with Gasteiger partial charge in [0.25, 0.3) is 0 Å². The minimum Gasteiger partial charge on any atom is -0.493 e. The van der Waals surface area contributed by atoms with Gasteiger partial charge in [0, 0.05) is 22.6 Å². The predicted molar refractivity (Wildman–Crippen MR) is 97.8 cm³/mol. The normalized spacial score (nSPS) is 11.9. The third-order valence-electron chi connectivity index (χ3n) is 3.77. The summed E-state index contributed by atoms with van der Waals surface area (Å²) in [5.41, 5.74) is 2.01. The molecule has 2 aromatic carbocycles. The molecule has 130 valence electrons. The second-order valence-corrected chi connectivity index (χ2v) is 6.15. The molecule has 0 bridgehead atoms. The first-order chi connectivity index (χ1) is 11.5. The molecule has 24 heavy (non-hydrogen) atoms. The monoisotopic (exact) mass is 369 g/mol. The first-order valence-electron chi connectivity index (χ1n) is 7.47. The van der Waals surface area contributed by atoms with Crippen LogP contribution in [0.25, 0.3) is 0 Å². The van der Waals surface area contributed by atoms with Crippen LogP contribution in [0.3, 0.4) is 0 Å². The van der Waals surface area contributed by atoms with Crippen LogP contribution in [0.2, 0.25) is 10.0 Å². The number of ether oxygens (including phenoxy) is 3. The molecule has 0 aliphatic carbocycles. The van der Waals surface area contributed by atoms with Crippen molar-refractivity contribution in [3.05, 3.63) is 51.5 Å². The maximum Gasteiger partial charge on any atom is 0.203 e. The van der Waals surface area contributed by atoms with E-state index in [0.29, 0.717) is 33.8 Å². The molecule has 0 spiro atoms. The maximum atomic E-state index is 6.26. The Morgan fingerprint density at radius 3 is 2.08 bits per heavy atom. The van der Waals surface area contributed by atoms with Crippen LogP contribution in [0.1, 0.15) is 24.1 Å². The Balaban J connectivity index is 2.16. The number of rotatable bonds is 7. The molecule has 6 heteroatoms. The Kier molecular flexibility index (Phi) is 6.60. The zero-order valence-corrected chi connectivity index (χ0v) is 15.7. The van der Waals surface area contributed by atoms with E-state index in [2.05, 4.69) is 5.32 Å². The second-order valence-electron chi connectivity index (χ2n) is 5.30. The van der Waals surface area contributed by atoms with Crippen LogP contribution in [0.5, 0.6) is 17.2 Å². The Labute approximate surface area is 152 Å². The largest absolute Gasteiger partial charge is 0.493 e. The van der Waals surface area contributed by atoms with Gasteiger partial charge in [0.2, 0.25) is 5.75 Å². The van der Waals surface area contributed by atoms with E-state index in [1.54, 1.807) is 27.4 Å². The molecule has 1 N–H and O–H groups in total. The lowest BCUT2D eigenvalue weighted by Gasteiger charge is -2.18. The zero-order chi connectivity index (χ0) is 17.7. The Morgan fingerprint density at radius 2 is 1.58 bits per heavy atom. The van der Waals surface area contributed by atoms with Gasteiger partial charge >= 0.3 is 0 Å². The van der Waals surface area contributed by atoms with Crippen molar-refractivity contribution in [2.24, 2.45) is 0 Å². The van der Waals surface area contributed by atoms with E-state index in [4.69, 9.17) is 37.4 Å². The molecule has 2 rings (SSSR count). The topological polar surface area (TPSA) is 39.7 Å². The maximum absolute atomic E-state index is 6.26. The number of hydrogen-bond acceptors (Lipinski definition) is 4. The van der Waals surface area contributed by atoms with E-state index in [-0.39, 0.29) is 6.04 Å². The number of methoxy groups -OCH3 is 3. The molecule has 0 fully saturated rings. The number of nitrogens with one attached hydrogen (secondary N) is 1. The molecule has 1 unspecified atom stereocenters. The summed E-state index contributed by atoms with van der Waals surface area (Å²) < 4.78 is 16.1. The van der Waals surface area contributed by atoms with Gasteiger partial charge in [0.1, 0.15) is 0 Å². The lowest BCUT2D eigenvalue weighted by Crippen LogP contribution is -2.18. The molecular weight excluding hydrogens is 349 g/mol. The quantitative estimate of drug-likeness (QED) is 0.755. The summed E-state index contributed by atoms with van der Waals surface area (Å²) in [6.45, 7) is 2.67. The van der Waals surface area contributed by atoms with Crippen molar-refractivity contribution in [1.29, 1.82) is 0 Å². The van der Waals surface area contributed by atoms with E-state index < -0.39 is 0 Å². The lowest BCUT2D eigenvalue weighted by atomic mass is 10.1. The fraction of sp³-hybridized carbons (Fsp3) is 0.333. The van der Waals surface area contributed by atoms with Crippen LogP contribution in [0, 0.1) is 0 Å². The minimum absolute atomic E-state index is 0.0638. The van der Waals surface area contributed by atoms with Gasteiger partial charge in [0.15, 0.2) is 11.5 Å². The van der Waals surface area contributed by atoms with Crippen molar-refractivity contribution in [2.75, 3.05) is 21.3 Å². The van der Waals surface area contributed by atoms with E-state index in [1.807, 2.05) is 31.2 Å². The predicted octanol–water partition coefficient (Wildman–Crippen LogP) is 4.87. The Bertz CT molecular complexity index is 682. The molecule has 0 aromatic heterocycles. The highest BCUT2D eigenvalue weighted by atomic mass is 35.5. The number of hydrogen-bond donors (Lipinski definition) is 1. The molecule has 0 heterocycles. The van der Waals surface area contributed by atoms with Gasteiger partial charge in [-0.1, -0.05) is 29.3 Å². The van der Waals surface area contributed by atoms with Crippen molar-refractivity contribution in [3.8, 4) is 17.2 Å². The van der Waals surface area contributed by atoms with Crippen LogP contribution < -0.4 is 19.5 Å². The highest BCUT2D eigenvalue weighted by Gasteiger charge is 2.14. The van der Waals surface area contributed by atoms with Gasteiger partial charge in [-0.3, -0.25) is 0 Å². The summed E-state index contributed by atoms with van der Waals surface area (Å²) in [6.07, 6.45) is 0. The van der Waals surface area contributed by atoms with E-state index in [1.165, 1.54) is 0 Å². The van der Waals surface area contributed by atoms with Crippen LogP contribution in [0.15, 0.2) is 30.3 Å². The molecule has 0 amide bonds. The molecule has 0 radical (unpaired) electrons. The zero-order valence-electron chi connectivity index (χ0n) is 14.2. The summed E-state index contributed by atoms with van der Waals surface area (Å²) in [6, 6.07) is 9.41. The highest BCUT2D eigenvalue weighted by molar-refractivity contribution is 6.35. The van der Waals surface area contributed by atoms with Crippen molar-refractivity contribution >= 4 is 23.2 Å². The molecule has 0 aliphatic rings. The molecular formula is C18H21Cl2NO3. The SMILES string of the molecule is COc1cc(CNC(C)c2ccc(Cl)cc2Cl)cc(OC)c1OC. The van der Waals surface area contributed by atoms with Crippen molar-refractivity contribution in [1.82, 2.24) is 5.32 Å². The van der Waals surface area contributed by atoms with Crippen LogP contribution in [-0.4, -0.2) is 21.3 Å². The summed E-state index contributed by atoms with van der Waals surface area (Å²) in [4.78, 5) is 0. The first-order valence-corrected chi connectivity index (χ1v) is 8.23. The second kappa shape index (κ2) is 8.47. The fourth-order valence-electron chi connectivity index (χ4n) is 2.47. The van der Waals surface area contributed by atoms with Gasteiger partial charge in [-0.2, -0.15) is 0 Å². The average Bonchev–Trinajstić information content (AvgIpc) is 2.58. The average molecular weight is 370 g/mol. The number of halogens is 2. The van der Waals surface area contributed by atoms with Gasteiger partial charge < -0.3 is 19.5 Å². The van der Waals surface area contributed by atoms with Crippen LogP contribution in [-0.2, 0) is 6.54 Å². The Morgan fingerprint density at radius 1 is 0.958 bits per heavy atom. The third kappa shape index (κ3) is 4.26. The van der Waals surface area contributed by atoms with Gasteiger partial charge in [0.05, 0.1) is 21.3 Å². The van der Waals surface area contributed by atoms with E-state index in [0.717, 1.165) is 11.1 Å². The minimum atomic E-state index is 0.0638. The third-order valence-corrected chi connectivity index (χ3v) is 4.33. The van der Waals surface area contributed by atoms with E-state index in [9.17, 15) is 0 Å². The molecule has 1 atom stereocenters. The summed E-state index contributed by atoms with van der Waals surface area (Å²) in [5.74, 6) is 1.84. The first kappa shape index (κ1) is 18.7. The smallest absolute Gasteiger partial charge is 0.203 e. The molecule has 0 saturated carbocycles. The van der Waals surface area contributed by atoms with Crippen molar-refractivity contribution in [2.45, 2.75) is 19.5 Å². The standard InChI is InChI=1S/C18H21Cl2NO3/c1-11(14-6-5-13(19)9-15(14)20)21-10-12-7-16(22-2)18(24-4)17(8-12)23-3/h5-9,11,21H,10H2,1-4H3. The van der Waals surface area contributed by atoms with Crippen LogP contribution >= 0.6 is 23.2 Å². The van der Waals surface area contributed by atoms with Crippen molar-refractivity contribution < 1.29 is 14.2 Å². The molecule has 0 saturated heterocycles. The summed E-state index contributed by atoms with van der Waals surface area (Å²) >= 11 is 12.2. The van der Waals surface area contributed by atoms with Gasteiger partial charge in [-0.15, -0.1) is 0 Å². The highest BCUT2D eigenvalue weighted by Crippen LogP contribution is 2.38. The lowest BCUT2D eigenvalue weighted by molar-refractivity contribution is 0.323. The summed E-state index contributed by atoms with van der Waals surface area (Å²) in [7, 11) is 4.79. The molecule has 2 aromatic rings. The van der Waals surface area contributed by atoms with Crippen LogP contribution in [0.4, 0.5) is 0 Å². The summed E-state index contributed by atoms with van der Waals surface area (Å²) in [5, 5.41) is 4.71.